The third kappa shape index (κ3) is 12.2. The molecule has 0 aromatic heterocycles. The van der Waals surface area contributed by atoms with E-state index in [1.807, 2.05) is 18.2 Å². The molecule has 3 nitrogen and oxygen atoms in total. The van der Waals surface area contributed by atoms with Gasteiger partial charge in [-0.1, -0.05) is 98.7 Å². The van der Waals surface area contributed by atoms with Crippen LogP contribution in [0, 0.1) is 22.5 Å². The van der Waals surface area contributed by atoms with Gasteiger partial charge in [-0.15, -0.1) is 11.6 Å². The molecule has 0 amide bonds. The van der Waals surface area contributed by atoms with E-state index in [0.717, 1.165) is 46.2 Å². The molecule has 0 aliphatic rings. The van der Waals surface area contributed by atoms with E-state index in [1.54, 1.807) is 38.5 Å². The molecule has 4 aromatic carbocycles. The summed E-state index contributed by atoms with van der Waals surface area (Å²) in [5, 5.41) is 0.172. The lowest BCUT2D eigenvalue weighted by Gasteiger charge is -2.36. The monoisotopic (exact) mass is 736 g/mol. The van der Waals surface area contributed by atoms with Crippen LogP contribution in [0.5, 0.6) is 11.5 Å². The van der Waals surface area contributed by atoms with E-state index >= 15 is 0 Å². The molecule has 0 heterocycles. The Balaban J connectivity index is 0.000000286. The summed E-state index contributed by atoms with van der Waals surface area (Å²) in [6, 6.07) is 22.0. The van der Waals surface area contributed by atoms with Crippen LogP contribution >= 0.6 is 11.6 Å². The highest BCUT2D eigenvalue weighted by Crippen LogP contribution is 2.39. The van der Waals surface area contributed by atoms with Gasteiger partial charge in [0.15, 0.2) is 8.32 Å². The van der Waals surface area contributed by atoms with Gasteiger partial charge in [0.1, 0.15) is 23.1 Å². The zero-order chi connectivity index (χ0) is 38.4. The Morgan fingerprint density at radius 1 is 0.569 bits per heavy atom. The number of halogens is 3. The third-order valence-electron chi connectivity index (χ3n) is 9.27. The van der Waals surface area contributed by atoms with Crippen LogP contribution in [0.1, 0.15) is 84.6 Å². The Kier molecular flexibility index (Phi) is 14.1. The van der Waals surface area contributed by atoms with Gasteiger partial charge in [0.05, 0.1) is 20.8 Å². The van der Waals surface area contributed by atoms with Crippen molar-refractivity contribution in [1.82, 2.24) is 0 Å². The Morgan fingerprint density at radius 2 is 0.980 bits per heavy atom. The highest BCUT2D eigenvalue weighted by molar-refractivity contribution is 6.74. The van der Waals surface area contributed by atoms with Gasteiger partial charge in [-0.2, -0.15) is 0 Å². The fraction of sp³-hybridized carbons (Fsp3) is 0.455. The third-order valence-corrected chi connectivity index (χ3v) is 14.1. The standard InChI is InChI=1S/C25H37FO2Si.C19H22ClFO/c1-24(2,3)16-19-14-18(17-28-29(8,9)25(4,5)6)10-12-21(19)22-15-20(27-7)11-13-23(22)26;1-19(2,3)11-14-9-13(12-20)5-7-16(14)17-10-15(22-4)6-8-18(17)21/h10-15H,16-17H2,1-9H3;5-10H,11-12H2,1-4H3. The van der Waals surface area contributed by atoms with Crippen LogP contribution in [0.25, 0.3) is 22.3 Å². The van der Waals surface area contributed by atoms with Crippen LogP contribution in [-0.2, 0) is 29.8 Å². The summed E-state index contributed by atoms with van der Waals surface area (Å²) >= 11 is 5.95. The zero-order valence-corrected chi connectivity index (χ0v) is 34.9. The maximum absolute atomic E-state index is 14.7. The molecule has 0 fully saturated rings. The molecule has 0 atom stereocenters. The molecule has 0 aliphatic heterocycles. The van der Waals surface area contributed by atoms with Crippen LogP contribution in [0.3, 0.4) is 0 Å². The van der Waals surface area contributed by atoms with Gasteiger partial charge < -0.3 is 13.9 Å². The number of benzene rings is 4. The molecule has 51 heavy (non-hydrogen) atoms. The number of ether oxygens (including phenoxy) is 2. The van der Waals surface area contributed by atoms with Crippen LogP contribution in [0.2, 0.25) is 18.1 Å². The highest BCUT2D eigenvalue weighted by atomic mass is 35.5. The van der Waals surface area contributed by atoms with Crippen molar-refractivity contribution in [3.63, 3.8) is 0 Å². The van der Waals surface area contributed by atoms with Crippen molar-refractivity contribution in [2.45, 2.75) is 106 Å². The Hall–Kier alpha value is -3.19. The molecule has 0 bridgehead atoms. The smallest absolute Gasteiger partial charge is 0.192 e. The predicted octanol–water partition coefficient (Wildman–Crippen LogP) is 13.4. The first kappa shape index (κ1) is 42.2. The van der Waals surface area contributed by atoms with Gasteiger partial charge in [0.25, 0.3) is 0 Å². The minimum Gasteiger partial charge on any atom is -0.497 e. The van der Waals surface area contributed by atoms with Crippen molar-refractivity contribution in [3.05, 3.63) is 107 Å². The average molecular weight is 737 g/mol. The van der Waals surface area contributed by atoms with Crippen molar-refractivity contribution in [1.29, 1.82) is 0 Å². The molecular formula is C44H59ClF2O3Si. The molecule has 0 N–H and O–H groups in total. The maximum atomic E-state index is 14.7. The van der Waals surface area contributed by atoms with Crippen LogP contribution in [-0.4, -0.2) is 22.5 Å². The Bertz CT molecular complexity index is 1760. The number of rotatable bonds is 10. The fourth-order valence-corrected chi connectivity index (χ4v) is 6.71. The molecule has 4 aromatic rings. The molecule has 0 unspecified atom stereocenters. The lowest BCUT2D eigenvalue weighted by molar-refractivity contribution is 0.276. The maximum Gasteiger partial charge on any atom is 0.192 e. The van der Waals surface area contributed by atoms with E-state index in [-0.39, 0.29) is 27.5 Å². The minimum absolute atomic E-state index is 0.0863. The van der Waals surface area contributed by atoms with E-state index in [2.05, 4.69) is 93.6 Å². The highest BCUT2D eigenvalue weighted by Gasteiger charge is 2.37. The lowest BCUT2D eigenvalue weighted by Crippen LogP contribution is -2.40. The van der Waals surface area contributed by atoms with Gasteiger partial charge in [-0.25, -0.2) is 8.78 Å². The van der Waals surface area contributed by atoms with Crippen molar-refractivity contribution in [2.24, 2.45) is 10.8 Å². The summed E-state index contributed by atoms with van der Waals surface area (Å²) in [5.41, 5.74) is 7.61. The molecule has 4 rings (SSSR count). The fourth-order valence-electron chi connectivity index (χ4n) is 5.58. The summed E-state index contributed by atoms with van der Waals surface area (Å²) in [5.74, 6) is 1.30. The van der Waals surface area contributed by atoms with Crippen molar-refractivity contribution in [2.75, 3.05) is 14.2 Å². The van der Waals surface area contributed by atoms with Gasteiger partial charge >= 0.3 is 0 Å². The molecule has 7 heteroatoms. The molecular weight excluding hydrogens is 678 g/mol. The summed E-state index contributed by atoms with van der Waals surface area (Å²) in [4.78, 5) is 0. The van der Waals surface area contributed by atoms with Gasteiger partial charge in [-0.3, -0.25) is 0 Å². The first-order valence-corrected chi connectivity index (χ1v) is 21.1. The average Bonchev–Trinajstić information content (AvgIpc) is 3.03. The first-order valence-electron chi connectivity index (χ1n) is 17.7. The summed E-state index contributed by atoms with van der Waals surface area (Å²) in [6.45, 7) is 25.0. The topological polar surface area (TPSA) is 27.7 Å². The SMILES string of the molecule is COc1ccc(F)c(-c2ccc(CCl)cc2CC(C)(C)C)c1.COc1ccc(F)c(-c2ccc(CO[Si](C)(C)C(C)(C)C)cc2CC(C)(C)C)c1. The molecule has 0 radical (unpaired) electrons. The van der Waals surface area contributed by atoms with E-state index in [4.69, 9.17) is 25.5 Å². The lowest BCUT2D eigenvalue weighted by atomic mass is 9.84. The predicted molar refractivity (Wildman–Crippen MR) is 215 cm³/mol. The summed E-state index contributed by atoms with van der Waals surface area (Å²) < 4.78 is 45.9. The van der Waals surface area contributed by atoms with E-state index in [9.17, 15) is 8.78 Å². The Labute approximate surface area is 312 Å². The molecule has 278 valence electrons. The largest absolute Gasteiger partial charge is 0.497 e. The minimum atomic E-state index is -1.83. The summed E-state index contributed by atoms with van der Waals surface area (Å²) in [6.07, 6.45) is 1.70. The van der Waals surface area contributed by atoms with Crippen LogP contribution in [0.15, 0.2) is 72.8 Å². The second kappa shape index (κ2) is 17.1. The Morgan fingerprint density at radius 3 is 1.35 bits per heavy atom. The van der Waals surface area contributed by atoms with Gasteiger partial charge in [-0.05, 0) is 112 Å². The second-order valence-electron chi connectivity index (χ2n) is 17.3. The molecule has 0 spiro atoms. The molecule has 0 saturated heterocycles. The molecule has 0 aliphatic carbocycles. The second-order valence-corrected chi connectivity index (χ2v) is 22.4. The quantitative estimate of drug-likeness (QED) is 0.120. The number of alkyl halides is 1. The number of hydrogen-bond acceptors (Lipinski definition) is 3. The first-order chi connectivity index (χ1) is 23.6. The number of hydrogen-bond donors (Lipinski definition) is 0. The number of methoxy groups -OCH3 is 2. The van der Waals surface area contributed by atoms with Crippen molar-refractivity contribution >= 4 is 19.9 Å². The van der Waals surface area contributed by atoms with Crippen molar-refractivity contribution in [3.8, 4) is 33.8 Å². The van der Waals surface area contributed by atoms with E-state index in [0.29, 0.717) is 35.1 Å². The van der Waals surface area contributed by atoms with Gasteiger partial charge in [0, 0.05) is 17.0 Å². The van der Waals surface area contributed by atoms with Crippen LogP contribution in [0.4, 0.5) is 8.78 Å². The van der Waals surface area contributed by atoms with Crippen molar-refractivity contribution < 1.29 is 22.7 Å². The normalized spacial score (nSPS) is 12.3. The van der Waals surface area contributed by atoms with E-state index in [1.165, 1.54) is 12.1 Å². The van der Waals surface area contributed by atoms with E-state index < -0.39 is 8.32 Å². The summed E-state index contributed by atoms with van der Waals surface area (Å²) in [7, 11) is 1.37. The van der Waals surface area contributed by atoms with Gasteiger partial charge in [0.2, 0.25) is 0 Å². The van der Waals surface area contributed by atoms with Crippen LogP contribution < -0.4 is 9.47 Å². The molecule has 0 saturated carbocycles. The zero-order valence-electron chi connectivity index (χ0n) is 33.1.